The molecule has 1 aromatic rings. The number of non-ortho nitro benzene ring substituents is 1. The number of rotatable bonds is 4. The average molecular weight is 268 g/mol. The lowest BCUT2D eigenvalue weighted by Crippen LogP contribution is -2.37. The first-order valence-corrected chi connectivity index (χ1v) is 6.29. The normalized spacial score (nSPS) is 19.5. The van der Waals surface area contributed by atoms with Crippen LogP contribution in [0.1, 0.15) is 12.8 Å². The molecular weight excluding hydrogens is 251 g/mol. The third-order valence-electron chi connectivity index (χ3n) is 3.40. The molecule has 0 amide bonds. The van der Waals surface area contributed by atoms with Crippen molar-refractivity contribution in [1.82, 2.24) is 0 Å². The van der Waals surface area contributed by atoms with Gasteiger partial charge < -0.3 is 9.64 Å². The smallest absolute Gasteiger partial charge is 0.272 e. The Morgan fingerprint density at radius 3 is 3.00 bits per heavy atom. The van der Waals surface area contributed by atoms with Crippen LogP contribution in [0.4, 0.5) is 15.8 Å². The van der Waals surface area contributed by atoms with Crippen LogP contribution in [0.5, 0.6) is 0 Å². The highest BCUT2D eigenvalue weighted by molar-refractivity contribution is 5.52. The quantitative estimate of drug-likeness (QED) is 0.622. The summed E-state index contributed by atoms with van der Waals surface area (Å²) >= 11 is 0. The third kappa shape index (κ3) is 3.20. The summed E-state index contributed by atoms with van der Waals surface area (Å²) in [6, 6.07) is 3.82. The maximum Gasteiger partial charge on any atom is 0.272 e. The molecule has 0 N–H and O–H groups in total. The minimum atomic E-state index is -0.587. The van der Waals surface area contributed by atoms with Crippen LogP contribution in [-0.4, -0.2) is 31.7 Å². The largest absolute Gasteiger partial charge is 0.384 e. The lowest BCUT2D eigenvalue weighted by molar-refractivity contribution is -0.385. The molecule has 1 unspecified atom stereocenters. The van der Waals surface area contributed by atoms with Crippen LogP contribution in [0.15, 0.2) is 18.2 Å². The van der Waals surface area contributed by atoms with Crippen molar-refractivity contribution < 1.29 is 14.1 Å². The van der Waals surface area contributed by atoms with Crippen LogP contribution in [0, 0.1) is 21.8 Å². The van der Waals surface area contributed by atoms with Crippen molar-refractivity contribution in [3.05, 3.63) is 34.1 Å². The lowest BCUT2D eigenvalue weighted by atomic mass is 9.98. The first-order valence-electron chi connectivity index (χ1n) is 6.29. The van der Waals surface area contributed by atoms with Crippen molar-refractivity contribution in [2.45, 2.75) is 12.8 Å². The topological polar surface area (TPSA) is 55.6 Å². The molecule has 1 aromatic carbocycles. The zero-order valence-corrected chi connectivity index (χ0v) is 10.8. The number of hydrogen-bond donors (Lipinski definition) is 0. The van der Waals surface area contributed by atoms with Crippen LogP contribution in [0.3, 0.4) is 0 Å². The number of ether oxygens (including phenoxy) is 1. The summed E-state index contributed by atoms with van der Waals surface area (Å²) in [5, 5.41) is 10.6. The van der Waals surface area contributed by atoms with Crippen molar-refractivity contribution in [1.29, 1.82) is 0 Å². The number of benzene rings is 1. The van der Waals surface area contributed by atoms with Crippen molar-refractivity contribution in [3.8, 4) is 0 Å². The van der Waals surface area contributed by atoms with E-state index in [1.807, 2.05) is 4.90 Å². The van der Waals surface area contributed by atoms with Gasteiger partial charge in [-0.1, -0.05) is 0 Å². The number of hydrogen-bond acceptors (Lipinski definition) is 4. The average Bonchev–Trinajstić information content (AvgIpc) is 2.39. The number of nitro groups is 1. The molecule has 1 heterocycles. The zero-order chi connectivity index (χ0) is 13.8. The Labute approximate surface area is 111 Å². The summed E-state index contributed by atoms with van der Waals surface area (Å²) in [7, 11) is 1.66. The molecule has 6 heteroatoms. The maximum atomic E-state index is 13.9. The molecule has 1 fully saturated rings. The van der Waals surface area contributed by atoms with E-state index in [0.29, 0.717) is 18.2 Å². The molecule has 0 aliphatic carbocycles. The van der Waals surface area contributed by atoms with Crippen LogP contribution in [0.25, 0.3) is 0 Å². The molecular formula is C13H17FN2O3. The number of nitro benzene ring substituents is 1. The minimum Gasteiger partial charge on any atom is -0.384 e. The maximum absolute atomic E-state index is 13.9. The van der Waals surface area contributed by atoms with Gasteiger partial charge in [-0.2, -0.15) is 0 Å². The molecule has 19 heavy (non-hydrogen) atoms. The molecule has 1 saturated heterocycles. The second-order valence-electron chi connectivity index (χ2n) is 4.80. The number of nitrogens with zero attached hydrogens (tertiary/aromatic N) is 2. The molecule has 0 aromatic heterocycles. The molecule has 2 rings (SSSR count). The first-order chi connectivity index (χ1) is 9.11. The van der Waals surface area contributed by atoms with Crippen molar-refractivity contribution in [3.63, 3.8) is 0 Å². The fourth-order valence-electron chi connectivity index (χ4n) is 2.52. The Morgan fingerprint density at radius 2 is 2.37 bits per heavy atom. The van der Waals surface area contributed by atoms with Crippen LogP contribution in [0.2, 0.25) is 0 Å². The Balaban J connectivity index is 2.15. The van der Waals surface area contributed by atoms with Gasteiger partial charge in [0.05, 0.1) is 23.3 Å². The van der Waals surface area contributed by atoms with Crippen LogP contribution in [-0.2, 0) is 4.74 Å². The Kier molecular flexibility index (Phi) is 4.31. The third-order valence-corrected chi connectivity index (χ3v) is 3.40. The SMILES string of the molecule is COCC1CCCN(c2ccc([N+](=O)[O-])cc2F)C1. The predicted molar refractivity (Wildman–Crippen MR) is 69.9 cm³/mol. The molecule has 0 spiro atoms. The van der Waals surface area contributed by atoms with E-state index in [2.05, 4.69) is 0 Å². The van der Waals surface area contributed by atoms with Gasteiger partial charge in [-0.25, -0.2) is 4.39 Å². The first kappa shape index (κ1) is 13.7. The van der Waals surface area contributed by atoms with Gasteiger partial charge in [0.25, 0.3) is 5.69 Å². The number of methoxy groups -OCH3 is 1. The molecule has 1 aliphatic heterocycles. The minimum absolute atomic E-state index is 0.216. The molecule has 0 saturated carbocycles. The standard InChI is InChI=1S/C13H17FN2O3/c1-19-9-10-3-2-6-15(8-10)13-5-4-11(16(17)18)7-12(13)14/h4-5,7,10H,2-3,6,8-9H2,1H3. The molecule has 1 atom stereocenters. The van der Waals surface area contributed by atoms with E-state index < -0.39 is 10.7 Å². The summed E-state index contributed by atoms with van der Waals surface area (Å²) in [4.78, 5) is 11.9. The number of piperidine rings is 1. The fraction of sp³-hybridized carbons (Fsp3) is 0.538. The van der Waals surface area contributed by atoms with E-state index in [4.69, 9.17) is 4.74 Å². The van der Waals surface area contributed by atoms with Gasteiger partial charge >= 0.3 is 0 Å². The van der Waals surface area contributed by atoms with Crippen molar-refractivity contribution in [2.75, 3.05) is 31.7 Å². The van der Waals surface area contributed by atoms with E-state index >= 15 is 0 Å². The lowest BCUT2D eigenvalue weighted by Gasteiger charge is -2.34. The molecule has 5 nitrogen and oxygen atoms in total. The van der Waals surface area contributed by atoms with Gasteiger partial charge in [0.15, 0.2) is 5.82 Å². The molecule has 1 aliphatic rings. The summed E-state index contributed by atoms with van der Waals surface area (Å²) in [5.74, 6) is -0.152. The van der Waals surface area contributed by atoms with E-state index in [-0.39, 0.29) is 5.69 Å². The molecule has 0 bridgehead atoms. The second kappa shape index (κ2) is 5.97. The monoisotopic (exact) mass is 268 g/mol. The molecule has 104 valence electrons. The van der Waals surface area contributed by atoms with Gasteiger partial charge in [-0.3, -0.25) is 10.1 Å². The summed E-state index contributed by atoms with van der Waals surface area (Å²) in [6.07, 6.45) is 2.05. The van der Waals surface area contributed by atoms with E-state index in [9.17, 15) is 14.5 Å². The Morgan fingerprint density at radius 1 is 1.58 bits per heavy atom. The van der Waals surface area contributed by atoms with E-state index in [0.717, 1.165) is 32.0 Å². The summed E-state index contributed by atoms with van der Waals surface area (Å²) < 4.78 is 19.1. The van der Waals surface area contributed by atoms with Gasteiger partial charge in [0.2, 0.25) is 0 Å². The van der Waals surface area contributed by atoms with Gasteiger partial charge in [-0.15, -0.1) is 0 Å². The highest BCUT2D eigenvalue weighted by Crippen LogP contribution is 2.28. The zero-order valence-electron chi connectivity index (χ0n) is 10.8. The predicted octanol–water partition coefficient (Wildman–Crippen LogP) is 2.60. The second-order valence-corrected chi connectivity index (χ2v) is 4.80. The van der Waals surface area contributed by atoms with Gasteiger partial charge in [0.1, 0.15) is 0 Å². The Hall–Kier alpha value is -1.69. The van der Waals surface area contributed by atoms with Crippen LogP contribution < -0.4 is 4.90 Å². The summed E-state index contributed by atoms with van der Waals surface area (Å²) in [5.41, 5.74) is 0.220. The highest BCUT2D eigenvalue weighted by Gasteiger charge is 2.23. The number of halogens is 1. The fourth-order valence-corrected chi connectivity index (χ4v) is 2.52. The number of anilines is 1. The van der Waals surface area contributed by atoms with E-state index in [1.54, 1.807) is 7.11 Å². The van der Waals surface area contributed by atoms with Crippen molar-refractivity contribution >= 4 is 11.4 Å². The van der Waals surface area contributed by atoms with Crippen LogP contribution >= 0.6 is 0 Å². The Bertz CT molecular complexity index is 465. The van der Waals surface area contributed by atoms with Crippen molar-refractivity contribution in [2.24, 2.45) is 5.92 Å². The summed E-state index contributed by atoms with van der Waals surface area (Å²) in [6.45, 7) is 2.16. The van der Waals surface area contributed by atoms with Gasteiger partial charge in [0, 0.05) is 26.3 Å². The van der Waals surface area contributed by atoms with Gasteiger partial charge in [-0.05, 0) is 24.8 Å². The molecule has 0 radical (unpaired) electrons. The highest BCUT2D eigenvalue weighted by atomic mass is 19.1. The van der Waals surface area contributed by atoms with E-state index in [1.165, 1.54) is 12.1 Å².